The van der Waals surface area contributed by atoms with Crippen molar-refractivity contribution in [3.63, 3.8) is 0 Å². The number of benzene rings is 2. The molecule has 0 atom stereocenters. The van der Waals surface area contributed by atoms with Gasteiger partial charge in [0.25, 0.3) is 5.91 Å². The Morgan fingerprint density at radius 2 is 1.95 bits per heavy atom. The van der Waals surface area contributed by atoms with E-state index in [0.717, 1.165) is 27.0 Å². The Bertz CT molecular complexity index is 772. The van der Waals surface area contributed by atoms with E-state index in [-0.39, 0.29) is 5.91 Å². The van der Waals surface area contributed by atoms with Gasteiger partial charge < -0.3 is 5.32 Å². The second-order valence-electron chi connectivity index (χ2n) is 4.71. The Kier molecular flexibility index (Phi) is 3.24. The van der Waals surface area contributed by atoms with E-state index in [4.69, 9.17) is 0 Å². The summed E-state index contributed by atoms with van der Waals surface area (Å²) in [7, 11) is 0. The van der Waals surface area contributed by atoms with E-state index in [1.807, 2.05) is 44.2 Å². The van der Waals surface area contributed by atoms with E-state index < -0.39 is 0 Å². The van der Waals surface area contributed by atoms with Crippen molar-refractivity contribution in [2.75, 3.05) is 5.32 Å². The van der Waals surface area contributed by atoms with Gasteiger partial charge in [-0.1, -0.05) is 18.2 Å². The van der Waals surface area contributed by atoms with Crippen molar-refractivity contribution in [2.45, 2.75) is 13.8 Å². The quantitative estimate of drug-likeness (QED) is 0.772. The van der Waals surface area contributed by atoms with E-state index >= 15 is 0 Å². The fourth-order valence-electron chi connectivity index (χ4n) is 2.15. The first kappa shape index (κ1) is 12.8. The largest absolute Gasteiger partial charge is 0.322 e. The van der Waals surface area contributed by atoms with Crippen LogP contribution in [0.25, 0.3) is 10.2 Å². The highest BCUT2D eigenvalue weighted by Crippen LogP contribution is 2.22. The minimum absolute atomic E-state index is 0.0994. The van der Waals surface area contributed by atoms with Crippen LogP contribution in [0.15, 0.2) is 36.4 Å². The molecule has 0 aliphatic carbocycles. The number of carbonyl (C=O) groups is 1. The summed E-state index contributed by atoms with van der Waals surface area (Å²) in [6.45, 7) is 3.98. The third-order valence-electron chi connectivity index (χ3n) is 3.26. The monoisotopic (exact) mass is 281 g/mol. The fraction of sp³-hybridized carbons (Fsp3) is 0.125. The molecule has 1 radical (unpaired) electrons. The summed E-state index contributed by atoms with van der Waals surface area (Å²) in [5.41, 5.74) is 7.35. The lowest BCUT2D eigenvalue weighted by molar-refractivity contribution is 0.102. The first-order valence-electron chi connectivity index (χ1n) is 6.29. The predicted molar refractivity (Wildman–Crippen MR) is 82.3 cm³/mol. The zero-order valence-electron chi connectivity index (χ0n) is 11.2. The Morgan fingerprint density at radius 1 is 1.20 bits per heavy atom. The average molecular weight is 281 g/mol. The molecule has 99 valence electrons. The lowest BCUT2D eigenvalue weighted by atomic mass is 10.1. The van der Waals surface area contributed by atoms with Crippen molar-refractivity contribution in [2.24, 2.45) is 0 Å². The molecular formula is C16H13N2OS. The summed E-state index contributed by atoms with van der Waals surface area (Å²) in [4.78, 5) is 16.4. The molecule has 1 heterocycles. The lowest BCUT2D eigenvalue weighted by Gasteiger charge is -2.11. The number of anilines is 1. The van der Waals surface area contributed by atoms with Crippen LogP contribution in [0.2, 0.25) is 0 Å². The second kappa shape index (κ2) is 5.06. The van der Waals surface area contributed by atoms with E-state index in [9.17, 15) is 4.79 Å². The number of fused-ring (bicyclic) bond motifs is 1. The Morgan fingerprint density at radius 3 is 2.70 bits per heavy atom. The highest BCUT2D eigenvalue weighted by atomic mass is 32.1. The topological polar surface area (TPSA) is 42.0 Å². The number of nitrogens with zero attached hydrogens (tertiary/aromatic N) is 1. The van der Waals surface area contributed by atoms with Crippen LogP contribution in [0, 0.1) is 19.4 Å². The minimum atomic E-state index is -0.0994. The normalized spacial score (nSPS) is 10.7. The molecule has 1 amide bonds. The van der Waals surface area contributed by atoms with Gasteiger partial charge >= 0.3 is 0 Å². The number of thiazole rings is 1. The molecule has 1 N–H and O–H groups in total. The maximum Gasteiger partial charge on any atom is 0.255 e. The van der Waals surface area contributed by atoms with Crippen molar-refractivity contribution in [3.05, 3.63) is 58.6 Å². The standard InChI is InChI=1S/C16H13N2OS/c1-10-4-3-5-11(2)15(10)18-16(19)12-6-7-13-14(8-12)20-9-17-13/h3-8H,1-2H3,(H,18,19). The SMILES string of the molecule is Cc1cccc(C)c1NC(=O)c1ccc2n[c]sc2c1. The molecule has 1 aromatic heterocycles. The van der Waals surface area contributed by atoms with E-state index in [0.29, 0.717) is 5.56 Å². The van der Waals surface area contributed by atoms with Gasteiger partial charge in [-0.25, -0.2) is 4.98 Å². The van der Waals surface area contributed by atoms with Crippen LogP contribution in [0.1, 0.15) is 21.5 Å². The van der Waals surface area contributed by atoms with Gasteiger partial charge in [-0.3, -0.25) is 4.79 Å². The first-order chi connectivity index (χ1) is 9.65. The number of rotatable bonds is 2. The van der Waals surface area contributed by atoms with Crippen LogP contribution >= 0.6 is 11.3 Å². The second-order valence-corrected chi connectivity index (χ2v) is 5.54. The molecule has 0 saturated heterocycles. The molecule has 0 saturated carbocycles. The van der Waals surface area contributed by atoms with E-state index in [2.05, 4.69) is 15.8 Å². The highest BCUT2D eigenvalue weighted by Gasteiger charge is 2.10. The summed E-state index contributed by atoms with van der Waals surface area (Å²) >= 11 is 1.42. The Labute approximate surface area is 121 Å². The minimum Gasteiger partial charge on any atom is -0.322 e. The third-order valence-corrected chi connectivity index (χ3v) is 3.99. The van der Waals surface area contributed by atoms with Gasteiger partial charge in [0.1, 0.15) is 0 Å². The molecule has 20 heavy (non-hydrogen) atoms. The number of hydrogen-bond donors (Lipinski definition) is 1. The maximum absolute atomic E-state index is 12.3. The number of aryl methyl sites for hydroxylation is 2. The van der Waals surface area contributed by atoms with E-state index in [1.54, 1.807) is 6.07 Å². The first-order valence-corrected chi connectivity index (χ1v) is 7.11. The fourth-order valence-corrected chi connectivity index (χ4v) is 2.79. The number of amides is 1. The molecule has 0 unspecified atom stereocenters. The Hall–Kier alpha value is -2.20. The Balaban J connectivity index is 1.92. The van der Waals surface area contributed by atoms with Crippen molar-refractivity contribution in [1.29, 1.82) is 0 Å². The molecule has 3 nitrogen and oxygen atoms in total. The molecule has 0 bridgehead atoms. The third kappa shape index (κ3) is 2.30. The van der Waals surface area contributed by atoms with Crippen LogP contribution < -0.4 is 5.32 Å². The number of carbonyl (C=O) groups excluding carboxylic acids is 1. The van der Waals surface area contributed by atoms with Gasteiger partial charge in [-0.05, 0) is 43.2 Å². The summed E-state index contributed by atoms with van der Waals surface area (Å²) in [5, 5.41) is 2.99. The van der Waals surface area contributed by atoms with Gasteiger partial charge in [0, 0.05) is 11.3 Å². The molecule has 3 rings (SSSR count). The highest BCUT2D eigenvalue weighted by molar-refractivity contribution is 7.16. The smallest absolute Gasteiger partial charge is 0.255 e. The maximum atomic E-state index is 12.3. The van der Waals surface area contributed by atoms with Crippen LogP contribution in [-0.4, -0.2) is 10.9 Å². The summed E-state index contributed by atoms with van der Waals surface area (Å²) in [6.07, 6.45) is 0. The van der Waals surface area contributed by atoms with Crippen LogP contribution in [0.3, 0.4) is 0 Å². The molecule has 0 aliphatic rings. The molecular weight excluding hydrogens is 268 g/mol. The van der Waals surface area contributed by atoms with Gasteiger partial charge in [0.05, 0.1) is 10.2 Å². The number of para-hydroxylation sites is 1. The summed E-state index contributed by atoms with van der Waals surface area (Å²) in [6, 6.07) is 11.5. The summed E-state index contributed by atoms with van der Waals surface area (Å²) in [5.74, 6) is -0.0994. The van der Waals surface area contributed by atoms with Crippen molar-refractivity contribution >= 4 is 33.1 Å². The number of hydrogen-bond acceptors (Lipinski definition) is 3. The van der Waals surface area contributed by atoms with Crippen LogP contribution in [0.4, 0.5) is 5.69 Å². The molecule has 0 aliphatic heterocycles. The molecule has 3 aromatic rings. The van der Waals surface area contributed by atoms with Gasteiger partial charge in [-0.15, -0.1) is 11.3 Å². The van der Waals surface area contributed by atoms with Gasteiger partial charge in [0.15, 0.2) is 5.51 Å². The van der Waals surface area contributed by atoms with Crippen LogP contribution in [-0.2, 0) is 0 Å². The molecule has 4 heteroatoms. The van der Waals surface area contributed by atoms with Gasteiger partial charge in [0.2, 0.25) is 0 Å². The zero-order valence-corrected chi connectivity index (χ0v) is 12.0. The van der Waals surface area contributed by atoms with Crippen LogP contribution in [0.5, 0.6) is 0 Å². The summed E-state index contributed by atoms with van der Waals surface area (Å²) < 4.78 is 0.971. The number of nitrogens with one attached hydrogen (secondary N) is 1. The van der Waals surface area contributed by atoms with Crippen molar-refractivity contribution in [1.82, 2.24) is 4.98 Å². The van der Waals surface area contributed by atoms with Crippen molar-refractivity contribution in [3.8, 4) is 0 Å². The molecule has 0 spiro atoms. The number of aromatic nitrogens is 1. The molecule has 2 aromatic carbocycles. The average Bonchev–Trinajstić information content (AvgIpc) is 2.90. The molecule has 0 fully saturated rings. The lowest BCUT2D eigenvalue weighted by Crippen LogP contribution is -2.13. The zero-order chi connectivity index (χ0) is 14.1. The van der Waals surface area contributed by atoms with Crippen molar-refractivity contribution < 1.29 is 4.79 Å². The predicted octanol–water partition coefficient (Wildman–Crippen LogP) is 3.97. The van der Waals surface area contributed by atoms with E-state index in [1.165, 1.54) is 11.3 Å². The van der Waals surface area contributed by atoms with Gasteiger partial charge in [-0.2, -0.15) is 0 Å².